The Hall–Kier alpha value is -1.66. The Balaban J connectivity index is 2.92. The average Bonchev–Trinajstić information content (AvgIpc) is 2.38. The summed E-state index contributed by atoms with van der Waals surface area (Å²) in [7, 11) is -3.67. The summed E-state index contributed by atoms with van der Waals surface area (Å²) in [4.78, 5) is 14.3. The molecule has 0 radical (unpaired) electrons. The summed E-state index contributed by atoms with van der Waals surface area (Å²) < 4.78 is 22.8. The molecule has 6 heteroatoms. The van der Waals surface area contributed by atoms with Gasteiger partial charge in [0, 0.05) is 17.5 Å². The first-order valence-electron chi connectivity index (χ1n) is 5.52. The molecule has 1 rings (SSSR count). The van der Waals surface area contributed by atoms with Crippen molar-refractivity contribution in [2.24, 2.45) is 0 Å². The minimum Gasteiger partial charge on any atom is -0.268 e. The molecule has 0 saturated carbocycles. The van der Waals surface area contributed by atoms with Gasteiger partial charge in [0.1, 0.15) is 0 Å². The first-order chi connectivity index (χ1) is 8.50. The van der Waals surface area contributed by atoms with Crippen molar-refractivity contribution in [1.29, 1.82) is 0 Å². The van der Waals surface area contributed by atoms with Crippen molar-refractivity contribution >= 4 is 15.9 Å². The van der Waals surface area contributed by atoms with Crippen molar-refractivity contribution in [2.45, 2.75) is 13.3 Å². The summed E-state index contributed by atoms with van der Waals surface area (Å²) in [6.07, 6.45) is 0.637. The minimum atomic E-state index is -3.67. The molecule has 0 heterocycles. The maximum absolute atomic E-state index is 12.1. The fraction of sp³-hybridized carbons (Fsp3) is 0.250. The number of carbonyl (C=O) groups is 1. The lowest BCUT2D eigenvalue weighted by atomic mass is 10.2. The van der Waals surface area contributed by atoms with Crippen LogP contribution >= 0.6 is 0 Å². The van der Waals surface area contributed by atoms with Gasteiger partial charge in [-0.3, -0.25) is 9.80 Å². The maximum Gasteiger partial charge on any atom is 0.268 e. The third kappa shape index (κ3) is 3.97. The Morgan fingerprint density at radius 1 is 1.39 bits per heavy atom. The zero-order valence-electron chi connectivity index (χ0n) is 10.2. The molecule has 1 aromatic carbocycles. The molecule has 18 heavy (non-hydrogen) atoms. The predicted molar refractivity (Wildman–Crippen MR) is 70.0 cm³/mol. The Morgan fingerprint density at radius 2 is 2.00 bits per heavy atom. The summed E-state index contributed by atoms with van der Waals surface area (Å²) in [5.41, 5.74) is 0.428. The van der Waals surface area contributed by atoms with Gasteiger partial charge in [-0.1, -0.05) is 31.7 Å². The second-order valence-electron chi connectivity index (χ2n) is 3.63. The Kier molecular flexibility index (Phi) is 5.06. The topological polar surface area (TPSA) is 66.5 Å². The summed E-state index contributed by atoms with van der Waals surface area (Å²) in [6, 6.07) is 8.49. The number of hydrazine groups is 1. The van der Waals surface area contributed by atoms with Crippen LogP contribution in [0.5, 0.6) is 0 Å². The SMILES string of the molecule is C=CS(=O)(=O)NN(CCC)C(=O)c1ccccc1. The van der Waals surface area contributed by atoms with Crippen molar-refractivity contribution in [1.82, 2.24) is 9.84 Å². The molecule has 98 valence electrons. The summed E-state index contributed by atoms with van der Waals surface area (Å²) >= 11 is 0. The number of hydrogen-bond donors (Lipinski definition) is 1. The van der Waals surface area contributed by atoms with Crippen LogP contribution in [0.1, 0.15) is 23.7 Å². The second kappa shape index (κ2) is 6.32. The number of sulfonamides is 1. The van der Waals surface area contributed by atoms with Crippen LogP contribution in [0, 0.1) is 0 Å². The minimum absolute atomic E-state index is 0.292. The lowest BCUT2D eigenvalue weighted by molar-refractivity contribution is 0.0718. The van der Waals surface area contributed by atoms with E-state index in [2.05, 4.69) is 11.4 Å². The van der Waals surface area contributed by atoms with E-state index in [1.165, 1.54) is 0 Å². The Labute approximate surface area is 107 Å². The van der Waals surface area contributed by atoms with Gasteiger partial charge in [-0.05, 0) is 18.6 Å². The van der Waals surface area contributed by atoms with Crippen LogP contribution in [0.3, 0.4) is 0 Å². The fourth-order valence-electron chi connectivity index (χ4n) is 1.34. The number of rotatable bonds is 6. The number of amides is 1. The van der Waals surface area contributed by atoms with Gasteiger partial charge in [0.25, 0.3) is 5.91 Å². The van der Waals surface area contributed by atoms with Gasteiger partial charge in [-0.2, -0.15) is 0 Å². The van der Waals surface area contributed by atoms with Crippen molar-refractivity contribution in [3.05, 3.63) is 47.9 Å². The molecule has 0 unspecified atom stereocenters. The van der Waals surface area contributed by atoms with Gasteiger partial charge in [0.15, 0.2) is 0 Å². The molecule has 5 nitrogen and oxygen atoms in total. The van der Waals surface area contributed by atoms with E-state index >= 15 is 0 Å². The summed E-state index contributed by atoms with van der Waals surface area (Å²) in [5, 5.41) is 1.85. The largest absolute Gasteiger partial charge is 0.268 e. The smallest absolute Gasteiger partial charge is 0.268 e. The van der Waals surface area contributed by atoms with Crippen LogP contribution in [0.25, 0.3) is 0 Å². The van der Waals surface area contributed by atoms with Gasteiger partial charge >= 0.3 is 0 Å². The van der Waals surface area contributed by atoms with Gasteiger partial charge in [-0.25, -0.2) is 8.42 Å². The highest BCUT2D eigenvalue weighted by atomic mass is 32.2. The monoisotopic (exact) mass is 268 g/mol. The zero-order valence-corrected chi connectivity index (χ0v) is 11.0. The Morgan fingerprint density at radius 3 is 2.50 bits per heavy atom. The molecule has 0 aliphatic carbocycles. The standard InChI is InChI=1S/C12H16N2O3S/c1-3-10-14(13-18(16,17)4-2)12(15)11-8-6-5-7-9-11/h4-9,13H,2-3,10H2,1H3. The van der Waals surface area contributed by atoms with Gasteiger partial charge in [0.2, 0.25) is 10.0 Å². The number of nitrogens with zero attached hydrogens (tertiary/aromatic N) is 1. The maximum atomic E-state index is 12.1. The first kappa shape index (κ1) is 14.4. The van der Waals surface area contributed by atoms with Crippen LogP contribution in [0.15, 0.2) is 42.3 Å². The van der Waals surface area contributed by atoms with E-state index in [0.717, 1.165) is 10.4 Å². The molecule has 0 bridgehead atoms. The van der Waals surface area contributed by atoms with Crippen LogP contribution < -0.4 is 4.83 Å². The molecule has 0 fully saturated rings. The molecule has 0 aromatic heterocycles. The predicted octanol–water partition coefficient (Wildman–Crippen LogP) is 1.52. The van der Waals surface area contributed by atoms with Crippen LogP contribution in [-0.4, -0.2) is 25.9 Å². The number of nitrogens with one attached hydrogen (secondary N) is 1. The van der Waals surface area contributed by atoms with E-state index in [9.17, 15) is 13.2 Å². The molecular formula is C12H16N2O3S. The number of hydrogen-bond acceptors (Lipinski definition) is 3. The van der Waals surface area contributed by atoms with Crippen LogP contribution in [0.4, 0.5) is 0 Å². The molecule has 0 saturated heterocycles. The highest BCUT2D eigenvalue weighted by Crippen LogP contribution is 2.04. The molecule has 0 aliphatic heterocycles. The van der Waals surface area contributed by atoms with Crippen molar-refractivity contribution in [2.75, 3.05) is 6.54 Å². The van der Waals surface area contributed by atoms with Crippen molar-refractivity contribution in [3.8, 4) is 0 Å². The van der Waals surface area contributed by atoms with Crippen LogP contribution in [0.2, 0.25) is 0 Å². The van der Waals surface area contributed by atoms with E-state index in [1.54, 1.807) is 30.3 Å². The summed E-state index contributed by atoms with van der Waals surface area (Å²) in [5.74, 6) is -0.386. The van der Waals surface area contributed by atoms with Crippen molar-refractivity contribution in [3.63, 3.8) is 0 Å². The Bertz CT molecular complexity index is 511. The fourth-order valence-corrected chi connectivity index (χ4v) is 1.90. The second-order valence-corrected chi connectivity index (χ2v) is 5.23. The van der Waals surface area contributed by atoms with Gasteiger partial charge < -0.3 is 0 Å². The van der Waals surface area contributed by atoms with E-state index < -0.39 is 10.0 Å². The third-order valence-corrected chi connectivity index (χ3v) is 3.08. The highest BCUT2D eigenvalue weighted by molar-refractivity contribution is 7.92. The molecule has 0 atom stereocenters. The van der Waals surface area contributed by atoms with E-state index in [0.29, 0.717) is 18.5 Å². The number of carbonyl (C=O) groups excluding carboxylic acids is 1. The van der Waals surface area contributed by atoms with Gasteiger partial charge in [0.05, 0.1) is 0 Å². The molecule has 1 N–H and O–H groups in total. The molecule has 0 spiro atoms. The molecular weight excluding hydrogens is 252 g/mol. The lowest BCUT2D eigenvalue weighted by Crippen LogP contribution is -2.45. The van der Waals surface area contributed by atoms with E-state index in [1.807, 2.05) is 6.92 Å². The van der Waals surface area contributed by atoms with Crippen molar-refractivity contribution < 1.29 is 13.2 Å². The molecule has 1 aromatic rings. The third-order valence-electron chi connectivity index (χ3n) is 2.17. The lowest BCUT2D eigenvalue weighted by Gasteiger charge is -2.21. The molecule has 0 aliphatic rings. The van der Waals surface area contributed by atoms with E-state index in [-0.39, 0.29) is 5.91 Å². The van der Waals surface area contributed by atoms with E-state index in [4.69, 9.17) is 0 Å². The molecule has 1 amide bonds. The van der Waals surface area contributed by atoms with Gasteiger partial charge in [-0.15, -0.1) is 4.83 Å². The quantitative estimate of drug-likeness (QED) is 0.795. The zero-order chi connectivity index (χ0) is 13.6. The summed E-state index contributed by atoms with van der Waals surface area (Å²) in [6.45, 7) is 5.34. The normalized spacial score (nSPS) is 10.9. The highest BCUT2D eigenvalue weighted by Gasteiger charge is 2.18. The first-order valence-corrected chi connectivity index (χ1v) is 7.06. The van der Waals surface area contributed by atoms with Crippen LogP contribution in [-0.2, 0) is 10.0 Å². The number of benzene rings is 1. The average molecular weight is 268 g/mol.